The van der Waals surface area contributed by atoms with Crippen LogP contribution in [0.25, 0.3) is 0 Å². The van der Waals surface area contributed by atoms with E-state index in [4.69, 9.17) is 5.73 Å². The highest BCUT2D eigenvalue weighted by Gasteiger charge is 2.02. The largest absolute Gasteiger partial charge is 0.384 e. The minimum atomic E-state index is -0.227. The summed E-state index contributed by atoms with van der Waals surface area (Å²) >= 11 is 0. The van der Waals surface area contributed by atoms with Gasteiger partial charge < -0.3 is 10.6 Å². The molecule has 0 spiro atoms. The standard InChI is InChI=1S/C13H14FN3/c1-17(12-4-2-11(14)3-5-12)9-10-6-7-16-13(15)8-10/h2-8H,9H2,1H3,(H2,15,16). The number of anilines is 2. The molecule has 1 aromatic heterocycles. The van der Waals surface area contributed by atoms with E-state index in [9.17, 15) is 4.39 Å². The molecule has 0 aliphatic carbocycles. The summed E-state index contributed by atoms with van der Waals surface area (Å²) < 4.78 is 12.8. The van der Waals surface area contributed by atoms with Crippen LogP contribution >= 0.6 is 0 Å². The van der Waals surface area contributed by atoms with Gasteiger partial charge in [-0.1, -0.05) is 0 Å². The van der Waals surface area contributed by atoms with Crippen LogP contribution in [0, 0.1) is 5.82 Å². The van der Waals surface area contributed by atoms with Crippen molar-refractivity contribution in [2.45, 2.75) is 6.54 Å². The van der Waals surface area contributed by atoms with Gasteiger partial charge in [0.25, 0.3) is 0 Å². The van der Waals surface area contributed by atoms with Crippen molar-refractivity contribution in [3.8, 4) is 0 Å². The molecule has 17 heavy (non-hydrogen) atoms. The number of nitrogens with zero attached hydrogens (tertiary/aromatic N) is 2. The quantitative estimate of drug-likeness (QED) is 0.882. The zero-order chi connectivity index (χ0) is 12.3. The van der Waals surface area contributed by atoms with E-state index in [1.807, 2.05) is 24.1 Å². The third-order valence-electron chi connectivity index (χ3n) is 2.53. The van der Waals surface area contributed by atoms with Crippen LogP contribution in [-0.2, 0) is 6.54 Å². The molecule has 3 nitrogen and oxygen atoms in total. The number of rotatable bonds is 3. The number of halogens is 1. The number of benzene rings is 1. The number of aromatic nitrogens is 1. The SMILES string of the molecule is CN(Cc1ccnc(N)c1)c1ccc(F)cc1. The molecule has 0 saturated carbocycles. The van der Waals surface area contributed by atoms with Gasteiger partial charge in [-0.15, -0.1) is 0 Å². The monoisotopic (exact) mass is 231 g/mol. The Bertz CT molecular complexity index is 496. The van der Waals surface area contributed by atoms with Crippen molar-refractivity contribution < 1.29 is 4.39 Å². The van der Waals surface area contributed by atoms with Crippen molar-refractivity contribution in [2.75, 3.05) is 17.7 Å². The summed E-state index contributed by atoms with van der Waals surface area (Å²) in [6.07, 6.45) is 1.68. The molecule has 0 radical (unpaired) electrons. The zero-order valence-corrected chi connectivity index (χ0v) is 9.60. The van der Waals surface area contributed by atoms with Crippen LogP contribution in [0.3, 0.4) is 0 Å². The Morgan fingerprint density at radius 1 is 1.24 bits per heavy atom. The van der Waals surface area contributed by atoms with Crippen LogP contribution in [-0.4, -0.2) is 12.0 Å². The fraction of sp³-hybridized carbons (Fsp3) is 0.154. The van der Waals surface area contributed by atoms with Crippen molar-refractivity contribution in [1.29, 1.82) is 0 Å². The summed E-state index contributed by atoms with van der Waals surface area (Å²) in [4.78, 5) is 5.96. The summed E-state index contributed by atoms with van der Waals surface area (Å²) in [5.41, 5.74) is 7.65. The van der Waals surface area contributed by atoms with Gasteiger partial charge in [-0.05, 0) is 42.0 Å². The fourth-order valence-electron chi connectivity index (χ4n) is 1.65. The molecular formula is C13H14FN3. The molecule has 0 aliphatic rings. The lowest BCUT2D eigenvalue weighted by Crippen LogP contribution is -2.16. The maximum absolute atomic E-state index is 12.8. The van der Waals surface area contributed by atoms with Gasteiger partial charge in [0.1, 0.15) is 11.6 Å². The first-order valence-electron chi connectivity index (χ1n) is 5.32. The number of pyridine rings is 1. The van der Waals surface area contributed by atoms with Gasteiger partial charge in [0.15, 0.2) is 0 Å². The molecule has 1 aromatic carbocycles. The molecule has 2 aromatic rings. The van der Waals surface area contributed by atoms with Gasteiger partial charge in [-0.25, -0.2) is 9.37 Å². The highest BCUT2D eigenvalue weighted by Crippen LogP contribution is 2.16. The van der Waals surface area contributed by atoms with Gasteiger partial charge in [0.05, 0.1) is 0 Å². The minimum absolute atomic E-state index is 0.227. The lowest BCUT2D eigenvalue weighted by molar-refractivity contribution is 0.627. The topological polar surface area (TPSA) is 42.2 Å². The molecule has 0 saturated heterocycles. The molecule has 0 fully saturated rings. The average Bonchev–Trinajstić information content (AvgIpc) is 2.29. The Labute approximate surface area is 99.7 Å². The third kappa shape index (κ3) is 2.93. The second-order valence-electron chi connectivity index (χ2n) is 3.92. The maximum atomic E-state index is 12.8. The normalized spacial score (nSPS) is 10.2. The van der Waals surface area contributed by atoms with E-state index in [1.54, 1.807) is 18.3 Å². The predicted octanol–water partition coefficient (Wildman–Crippen LogP) is 2.44. The van der Waals surface area contributed by atoms with E-state index in [1.165, 1.54) is 12.1 Å². The third-order valence-corrected chi connectivity index (χ3v) is 2.53. The number of hydrogen-bond donors (Lipinski definition) is 1. The van der Waals surface area contributed by atoms with E-state index in [2.05, 4.69) is 4.98 Å². The molecular weight excluding hydrogens is 217 g/mol. The Morgan fingerprint density at radius 3 is 2.59 bits per heavy atom. The maximum Gasteiger partial charge on any atom is 0.123 e. The van der Waals surface area contributed by atoms with E-state index in [0.717, 1.165) is 11.3 Å². The highest BCUT2D eigenvalue weighted by atomic mass is 19.1. The molecule has 0 aliphatic heterocycles. The lowest BCUT2D eigenvalue weighted by Gasteiger charge is -2.19. The van der Waals surface area contributed by atoms with Gasteiger partial charge in [-0.3, -0.25) is 0 Å². The van der Waals surface area contributed by atoms with Crippen LogP contribution in [0.4, 0.5) is 15.9 Å². The number of hydrogen-bond acceptors (Lipinski definition) is 3. The second kappa shape index (κ2) is 4.82. The van der Waals surface area contributed by atoms with E-state index < -0.39 is 0 Å². The summed E-state index contributed by atoms with van der Waals surface area (Å²) in [7, 11) is 1.95. The fourth-order valence-corrected chi connectivity index (χ4v) is 1.65. The zero-order valence-electron chi connectivity index (χ0n) is 9.60. The predicted molar refractivity (Wildman–Crippen MR) is 67.2 cm³/mol. The van der Waals surface area contributed by atoms with Crippen LogP contribution in [0.15, 0.2) is 42.6 Å². The van der Waals surface area contributed by atoms with Crippen LogP contribution in [0.1, 0.15) is 5.56 Å². The molecule has 0 unspecified atom stereocenters. The Hall–Kier alpha value is -2.10. The van der Waals surface area contributed by atoms with Gasteiger partial charge in [0.2, 0.25) is 0 Å². The van der Waals surface area contributed by atoms with Crippen LogP contribution in [0.5, 0.6) is 0 Å². The Morgan fingerprint density at radius 2 is 1.94 bits per heavy atom. The van der Waals surface area contributed by atoms with Crippen LogP contribution in [0.2, 0.25) is 0 Å². The number of nitrogen functional groups attached to an aromatic ring is 1. The first-order valence-corrected chi connectivity index (χ1v) is 5.32. The summed E-state index contributed by atoms with van der Waals surface area (Å²) in [5, 5.41) is 0. The van der Waals surface area contributed by atoms with Gasteiger partial charge in [0, 0.05) is 25.5 Å². The summed E-state index contributed by atoms with van der Waals surface area (Å²) in [5.74, 6) is 0.283. The Balaban J connectivity index is 2.11. The average molecular weight is 231 g/mol. The van der Waals surface area contributed by atoms with E-state index in [0.29, 0.717) is 12.4 Å². The molecule has 2 N–H and O–H groups in total. The molecule has 2 rings (SSSR count). The second-order valence-corrected chi connectivity index (χ2v) is 3.92. The van der Waals surface area contributed by atoms with Crippen molar-refractivity contribution >= 4 is 11.5 Å². The van der Waals surface area contributed by atoms with Crippen molar-refractivity contribution in [3.63, 3.8) is 0 Å². The molecule has 88 valence electrons. The lowest BCUT2D eigenvalue weighted by atomic mass is 10.2. The first kappa shape index (κ1) is 11.4. The van der Waals surface area contributed by atoms with Crippen molar-refractivity contribution in [1.82, 2.24) is 4.98 Å². The van der Waals surface area contributed by atoms with E-state index >= 15 is 0 Å². The van der Waals surface area contributed by atoms with Gasteiger partial charge in [-0.2, -0.15) is 0 Å². The van der Waals surface area contributed by atoms with Crippen molar-refractivity contribution in [3.05, 3.63) is 54.0 Å². The summed E-state index contributed by atoms with van der Waals surface area (Å²) in [6, 6.07) is 10.1. The molecule has 4 heteroatoms. The minimum Gasteiger partial charge on any atom is -0.384 e. The first-order chi connectivity index (χ1) is 8.15. The van der Waals surface area contributed by atoms with Gasteiger partial charge >= 0.3 is 0 Å². The molecule has 1 heterocycles. The number of nitrogens with two attached hydrogens (primary N) is 1. The van der Waals surface area contributed by atoms with Crippen molar-refractivity contribution in [2.24, 2.45) is 0 Å². The molecule has 0 atom stereocenters. The van der Waals surface area contributed by atoms with E-state index in [-0.39, 0.29) is 5.82 Å². The molecule has 0 amide bonds. The molecule has 0 bridgehead atoms. The van der Waals surface area contributed by atoms with Crippen LogP contribution < -0.4 is 10.6 Å². The highest BCUT2D eigenvalue weighted by molar-refractivity contribution is 5.46. The smallest absolute Gasteiger partial charge is 0.123 e. The Kier molecular flexibility index (Phi) is 3.23. The summed E-state index contributed by atoms with van der Waals surface area (Å²) in [6.45, 7) is 0.707.